The third-order valence-corrected chi connectivity index (χ3v) is 11.1. The molecule has 3 aliphatic rings. The highest BCUT2D eigenvalue weighted by atomic mass is 16.6. The lowest BCUT2D eigenvalue weighted by molar-refractivity contribution is -0.556. The van der Waals surface area contributed by atoms with Gasteiger partial charge in [-0.15, -0.1) is 0 Å². The number of nitro benzene ring substituents is 1. The zero-order valence-electron chi connectivity index (χ0n) is 27.3. The van der Waals surface area contributed by atoms with Gasteiger partial charge in [-0.05, 0) is 52.4 Å². The molecule has 0 radical (unpaired) electrons. The van der Waals surface area contributed by atoms with Crippen LogP contribution in [0.3, 0.4) is 0 Å². The molecule has 0 saturated carbocycles. The Hall–Kier alpha value is -6.13. The Morgan fingerprint density at radius 1 is 0.824 bits per heavy atom. The number of hydrogen-bond acceptors (Lipinski definition) is 7. The minimum atomic E-state index is -2.00. The van der Waals surface area contributed by atoms with Gasteiger partial charge in [-0.3, -0.25) is 25.0 Å². The van der Waals surface area contributed by atoms with E-state index in [0.717, 1.165) is 16.3 Å². The SMILES string of the molecule is O=C1N(Cc2ccccc2)c2ccccc2[C@@]12c1c(-c3ccc4ccccc4c3)oc3c1[C@@](O)(CCC3)[C@H]([N+](=O)[O-])[C@H]2c1ccc([N+](=O)[O-])cc1. The summed E-state index contributed by atoms with van der Waals surface area (Å²) in [5.74, 6) is -0.851. The van der Waals surface area contributed by atoms with Crippen LogP contribution in [0, 0.1) is 20.2 Å². The predicted molar refractivity (Wildman–Crippen MR) is 190 cm³/mol. The van der Waals surface area contributed by atoms with E-state index in [1.54, 1.807) is 4.90 Å². The van der Waals surface area contributed by atoms with Crippen LogP contribution in [0.2, 0.25) is 0 Å². The maximum absolute atomic E-state index is 15.8. The molecule has 1 aromatic heterocycles. The van der Waals surface area contributed by atoms with Gasteiger partial charge in [0.25, 0.3) is 11.7 Å². The molecule has 0 bridgehead atoms. The molecule has 1 N–H and O–H groups in total. The number of nitro groups is 2. The second-order valence-electron chi connectivity index (χ2n) is 13.7. The van der Waals surface area contributed by atoms with E-state index in [1.165, 1.54) is 24.3 Å². The molecule has 0 saturated heterocycles. The van der Waals surface area contributed by atoms with Crippen LogP contribution in [0.15, 0.2) is 126 Å². The lowest BCUT2D eigenvalue weighted by Gasteiger charge is -2.49. The van der Waals surface area contributed by atoms with Gasteiger partial charge in [-0.25, -0.2) is 0 Å². The summed E-state index contributed by atoms with van der Waals surface area (Å²) < 4.78 is 6.76. The van der Waals surface area contributed by atoms with E-state index in [0.29, 0.717) is 57.9 Å². The normalized spacial score (nSPS) is 23.3. The zero-order valence-corrected chi connectivity index (χ0v) is 27.3. The summed E-state index contributed by atoms with van der Waals surface area (Å²) in [4.78, 5) is 41.8. The zero-order chi connectivity index (χ0) is 35.1. The van der Waals surface area contributed by atoms with Gasteiger partial charge in [0.05, 0.1) is 17.4 Å². The molecule has 6 aromatic rings. The first-order valence-corrected chi connectivity index (χ1v) is 16.9. The van der Waals surface area contributed by atoms with Gasteiger partial charge in [-0.2, -0.15) is 0 Å². The van der Waals surface area contributed by atoms with Crippen LogP contribution >= 0.6 is 0 Å². The van der Waals surface area contributed by atoms with Gasteiger partial charge in [-0.1, -0.05) is 97.1 Å². The van der Waals surface area contributed by atoms with Crippen molar-refractivity contribution >= 4 is 28.1 Å². The highest BCUT2D eigenvalue weighted by molar-refractivity contribution is 6.13. The average molecular weight is 678 g/mol. The van der Waals surface area contributed by atoms with Gasteiger partial charge in [0, 0.05) is 45.9 Å². The lowest BCUT2D eigenvalue weighted by atomic mass is 9.51. The van der Waals surface area contributed by atoms with Crippen molar-refractivity contribution in [3.05, 3.63) is 175 Å². The fraction of sp³-hybridized carbons (Fsp3) is 0.195. The number of carbonyl (C=O) groups excluding carboxylic acids is 1. The van der Waals surface area contributed by atoms with Crippen molar-refractivity contribution in [2.24, 2.45) is 0 Å². The summed E-state index contributed by atoms with van der Waals surface area (Å²) in [7, 11) is 0. The number of non-ortho nitro benzene ring substituents is 1. The molecular formula is C41H31N3O7. The molecule has 2 heterocycles. The smallest absolute Gasteiger partial charge is 0.269 e. The fourth-order valence-electron chi connectivity index (χ4n) is 9.11. The molecule has 51 heavy (non-hydrogen) atoms. The van der Waals surface area contributed by atoms with Crippen molar-refractivity contribution in [3.63, 3.8) is 0 Å². The molecular weight excluding hydrogens is 646 g/mol. The maximum atomic E-state index is 15.8. The van der Waals surface area contributed by atoms with Crippen LogP contribution in [-0.4, -0.2) is 26.9 Å². The minimum absolute atomic E-state index is 0.0818. The van der Waals surface area contributed by atoms with E-state index in [2.05, 4.69) is 0 Å². The molecule has 4 atom stereocenters. The number of nitrogens with zero attached hydrogens (tertiary/aromatic N) is 3. The quantitative estimate of drug-likeness (QED) is 0.140. The monoisotopic (exact) mass is 677 g/mol. The summed E-state index contributed by atoms with van der Waals surface area (Å²) in [6.45, 7) is 0.199. The second kappa shape index (κ2) is 11.2. The Kier molecular flexibility index (Phi) is 6.78. The van der Waals surface area contributed by atoms with Crippen LogP contribution in [0.1, 0.15) is 52.3 Å². The van der Waals surface area contributed by atoms with Gasteiger partial charge < -0.3 is 14.4 Å². The highest BCUT2D eigenvalue weighted by Gasteiger charge is 2.73. The van der Waals surface area contributed by atoms with E-state index < -0.39 is 32.8 Å². The number of anilines is 1. The van der Waals surface area contributed by atoms with Gasteiger partial charge >= 0.3 is 0 Å². The van der Waals surface area contributed by atoms with Crippen molar-refractivity contribution < 1.29 is 24.2 Å². The first-order chi connectivity index (χ1) is 24.7. The van der Waals surface area contributed by atoms with Crippen LogP contribution in [-0.2, 0) is 28.8 Å². The van der Waals surface area contributed by atoms with Crippen molar-refractivity contribution in [1.29, 1.82) is 0 Å². The lowest BCUT2D eigenvalue weighted by Crippen LogP contribution is -2.62. The van der Waals surface area contributed by atoms with Crippen molar-refractivity contribution in [2.75, 3.05) is 4.90 Å². The number of amides is 1. The summed E-state index contributed by atoms with van der Waals surface area (Å²) in [5, 5.41) is 40.1. The predicted octanol–water partition coefficient (Wildman–Crippen LogP) is 7.81. The number of hydrogen-bond donors (Lipinski definition) is 1. The number of para-hydroxylation sites is 1. The first kappa shape index (κ1) is 30.9. The summed E-state index contributed by atoms with van der Waals surface area (Å²) >= 11 is 0. The van der Waals surface area contributed by atoms with Gasteiger partial charge in [0.2, 0.25) is 5.91 Å². The molecule has 0 fully saturated rings. The maximum Gasteiger partial charge on any atom is 0.269 e. The first-order valence-electron chi connectivity index (χ1n) is 16.9. The topological polar surface area (TPSA) is 140 Å². The molecule has 1 spiro atoms. The standard InChI is InChI=1S/C41H31N3O7/c45-39-41(31-13-6-7-14-32(31)42(39)24-25-9-2-1-3-10-25)34(27-18-20-30(21-19-27)43(47)48)38(44(49)50)40(46)22-8-15-33-35(40)36(41)37(51-33)29-17-16-26-11-4-5-12-28(26)23-29/h1-7,9-14,16-21,23,34,38,46H,8,15,22,24H2/t34-,38-,40+,41-/m1/s1. The molecule has 0 unspecified atom stereocenters. The fourth-order valence-corrected chi connectivity index (χ4v) is 9.11. The molecule has 252 valence electrons. The van der Waals surface area contributed by atoms with Crippen LogP contribution in [0.25, 0.3) is 22.1 Å². The molecule has 10 nitrogen and oxygen atoms in total. The third-order valence-electron chi connectivity index (χ3n) is 11.1. The largest absolute Gasteiger partial charge is 0.460 e. The van der Waals surface area contributed by atoms with Crippen molar-refractivity contribution in [2.45, 2.75) is 48.8 Å². The molecule has 1 aliphatic heterocycles. The number of fused-ring (bicyclic) bond motifs is 4. The molecule has 5 aromatic carbocycles. The Morgan fingerprint density at radius 2 is 1.53 bits per heavy atom. The second-order valence-corrected chi connectivity index (χ2v) is 13.7. The average Bonchev–Trinajstić information content (AvgIpc) is 3.65. The molecule has 2 aliphatic carbocycles. The third kappa shape index (κ3) is 4.29. The van der Waals surface area contributed by atoms with Crippen LogP contribution in [0.4, 0.5) is 11.4 Å². The van der Waals surface area contributed by atoms with E-state index in [-0.39, 0.29) is 24.6 Å². The molecule has 10 heteroatoms. The highest BCUT2D eigenvalue weighted by Crippen LogP contribution is 2.66. The molecule has 9 rings (SSSR count). The summed E-state index contributed by atoms with van der Waals surface area (Å²) in [5.41, 5.74) is -0.175. The van der Waals surface area contributed by atoms with Gasteiger partial charge in [0.1, 0.15) is 16.9 Å². The van der Waals surface area contributed by atoms with E-state index >= 15 is 4.79 Å². The van der Waals surface area contributed by atoms with Crippen molar-refractivity contribution in [1.82, 2.24) is 0 Å². The van der Waals surface area contributed by atoms with E-state index in [1.807, 2.05) is 97.1 Å². The number of furan rings is 1. The Balaban J connectivity index is 1.42. The van der Waals surface area contributed by atoms with Gasteiger partial charge in [0.15, 0.2) is 5.60 Å². The van der Waals surface area contributed by atoms with Crippen LogP contribution < -0.4 is 4.90 Å². The van der Waals surface area contributed by atoms with E-state index in [9.17, 15) is 25.3 Å². The Morgan fingerprint density at radius 3 is 2.27 bits per heavy atom. The number of aryl methyl sites for hydroxylation is 1. The molecule has 1 amide bonds. The van der Waals surface area contributed by atoms with E-state index in [4.69, 9.17) is 4.42 Å². The summed E-state index contributed by atoms with van der Waals surface area (Å²) in [6, 6.07) is 34.5. The number of carbonyl (C=O) groups is 1. The Labute approximate surface area is 291 Å². The Bertz CT molecular complexity index is 2410. The van der Waals surface area contributed by atoms with Crippen LogP contribution in [0.5, 0.6) is 0 Å². The number of benzene rings is 5. The minimum Gasteiger partial charge on any atom is -0.460 e. The summed E-state index contributed by atoms with van der Waals surface area (Å²) in [6.07, 6.45) is 0.950. The number of rotatable bonds is 6. The number of aliphatic hydroxyl groups is 1. The van der Waals surface area contributed by atoms with Crippen molar-refractivity contribution in [3.8, 4) is 11.3 Å².